The molecule has 0 saturated carbocycles. The molecule has 1 saturated heterocycles. The van der Waals surface area contributed by atoms with Crippen LogP contribution in [-0.4, -0.2) is 44.2 Å². The molecule has 0 amide bonds. The van der Waals surface area contributed by atoms with E-state index in [0.29, 0.717) is 0 Å². The van der Waals surface area contributed by atoms with Crippen LogP contribution in [0.25, 0.3) is 0 Å². The molecule has 0 atom stereocenters. The molecule has 0 radical (unpaired) electrons. The number of rotatable bonds is 7. The van der Waals surface area contributed by atoms with Gasteiger partial charge in [-0.3, -0.25) is 4.90 Å². The van der Waals surface area contributed by atoms with E-state index < -0.39 is 0 Å². The van der Waals surface area contributed by atoms with Crippen LogP contribution < -0.4 is 10.1 Å². The molecule has 1 aromatic carbocycles. The summed E-state index contributed by atoms with van der Waals surface area (Å²) >= 11 is 0. The van der Waals surface area contributed by atoms with E-state index >= 15 is 0 Å². The molecule has 1 aliphatic rings. The number of benzene rings is 1. The predicted molar refractivity (Wildman–Crippen MR) is 89.1 cm³/mol. The van der Waals surface area contributed by atoms with E-state index in [9.17, 15) is 0 Å². The van der Waals surface area contributed by atoms with Gasteiger partial charge in [-0.25, -0.2) is 0 Å². The maximum Gasteiger partial charge on any atom is 0.122 e. The quantitative estimate of drug-likeness (QED) is 0.835. The molecule has 0 unspecified atom stereocenters. The van der Waals surface area contributed by atoms with Crippen molar-refractivity contribution in [1.82, 2.24) is 10.2 Å². The molecule has 1 N–H and O–H groups in total. The summed E-state index contributed by atoms with van der Waals surface area (Å²) in [6, 6.07) is 6.41. The first-order chi connectivity index (χ1) is 10.2. The third-order valence-electron chi connectivity index (χ3n) is 4.43. The number of nitrogens with one attached hydrogen (secondary N) is 1. The molecule has 0 aromatic heterocycles. The minimum atomic E-state index is 0.781. The summed E-state index contributed by atoms with van der Waals surface area (Å²) in [5, 5.41) is 3.44. The van der Waals surface area contributed by atoms with Crippen LogP contribution in [0.5, 0.6) is 5.75 Å². The number of ether oxygens (including phenoxy) is 1. The average Bonchev–Trinajstić information content (AvgIpc) is 2.50. The largest absolute Gasteiger partial charge is 0.492 e. The third kappa shape index (κ3) is 5.33. The maximum absolute atomic E-state index is 5.99. The van der Waals surface area contributed by atoms with Gasteiger partial charge in [-0.1, -0.05) is 19.1 Å². The SMILES string of the molecule is CCN(CCOc1cc(C)ccc1C)CC1CCNCC1. The normalized spacial score (nSPS) is 16.4. The first-order valence-electron chi connectivity index (χ1n) is 8.32. The van der Waals surface area contributed by atoms with Gasteiger partial charge in [0.05, 0.1) is 0 Å². The van der Waals surface area contributed by atoms with Crippen molar-refractivity contribution in [3.05, 3.63) is 29.3 Å². The van der Waals surface area contributed by atoms with Crippen LogP contribution in [0, 0.1) is 19.8 Å². The topological polar surface area (TPSA) is 24.5 Å². The highest BCUT2D eigenvalue weighted by atomic mass is 16.5. The summed E-state index contributed by atoms with van der Waals surface area (Å²) in [5.74, 6) is 1.89. The van der Waals surface area contributed by atoms with Crippen molar-refractivity contribution in [2.24, 2.45) is 5.92 Å². The zero-order valence-corrected chi connectivity index (χ0v) is 13.8. The van der Waals surface area contributed by atoms with Crippen molar-refractivity contribution in [3.63, 3.8) is 0 Å². The second-order valence-corrected chi connectivity index (χ2v) is 6.20. The summed E-state index contributed by atoms with van der Waals surface area (Å²) in [7, 11) is 0. The molecule has 118 valence electrons. The first kappa shape index (κ1) is 16.3. The van der Waals surface area contributed by atoms with E-state index in [1.165, 1.54) is 43.6 Å². The van der Waals surface area contributed by atoms with Crippen LogP contribution in [0.15, 0.2) is 18.2 Å². The van der Waals surface area contributed by atoms with Gasteiger partial charge in [-0.05, 0) is 69.4 Å². The summed E-state index contributed by atoms with van der Waals surface area (Å²) in [5.41, 5.74) is 2.49. The van der Waals surface area contributed by atoms with E-state index in [1.54, 1.807) is 0 Å². The smallest absolute Gasteiger partial charge is 0.122 e. The summed E-state index contributed by atoms with van der Waals surface area (Å²) in [6.07, 6.45) is 2.63. The Morgan fingerprint density at radius 2 is 2.00 bits per heavy atom. The van der Waals surface area contributed by atoms with Gasteiger partial charge in [0.2, 0.25) is 0 Å². The lowest BCUT2D eigenvalue weighted by atomic mass is 9.97. The summed E-state index contributed by atoms with van der Waals surface area (Å²) in [4.78, 5) is 2.53. The molecule has 0 aliphatic carbocycles. The molecule has 1 aliphatic heterocycles. The van der Waals surface area contributed by atoms with Gasteiger partial charge >= 0.3 is 0 Å². The molecular formula is C18H30N2O. The molecule has 1 aromatic rings. The Kier molecular flexibility index (Phi) is 6.52. The molecule has 3 nitrogen and oxygen atoms in total. The van der Waals surface area contributed by atoms with E-state index in [-0.39, 0.29) is 0 Å². The second kappa shape index (κ2) is 8.40. The summed E-state index contributed by atoms with van der Waals surface area (Å²) < 4.78 is 5.99. The van der Waals surface area contributed by atoms with Gasteiger partial charge in [0.1, 0.15) is 12.4 Å². The lowest BCUT2D eigenvalue weighted by Crippen LogP contribution is -2.37. The molecule has 21 heavy (non-hydrogen) atoms. The highest BCUT2D eigenvalue weighted by Crippen LogP contribution is 2.19. The van der Waals surface area contributed by atoms with Crippen molar-refractivity contribution < 1.29 is 4.74 Å². The van der Waals surface area contributed by atoms with Gasteiger partial charge in [0, 0.05) is 13.1 Å². The van der Waals surface area contributed by atoms with Gasteiger partial charge in [0.15, 0.2) is 0 Å². The van der Waals surface area contributed by atoms with Crippen molar-refractivity contribution in [2.45, 2.75) is 33.6 Å². The molecular weight excluding hydrogens is 260 g/mol. The first-order valence-corrected chi connectivity index (χ1v) is 8.32. The van der Waals surface area contributed by atoms with E-state index in [4.69, 9.17) is 4.74 Å². The predicted octanol–water partition coefficient (Wildman–Crippen LogP) is 3.00. The van der Waals surface area contributed by atoms with E-state index in [2.05, 4.69) is 49.2 Å². The number of hydrogen-bond acceptors (Lipinski definition) is 3. The van der Waals surface area contributed by atoms with Crippen molar-refractivity contribution in [1.29, 1.82) is 0 Å². The fraction of sp³-hybridized carbons (Fsp3) is 0.667. The highest BCUT2D eigenvalue weighted by Gasteiger charge is 2.16. The van der Waals surface area contributed by atoms with Crippen LogP contribution in [-0.2, 0) is 0 Å². The molecule has 1 heterocycles. The fourth-order valence-corrected chi connectivity index (χ4v) is 2.96. The minimum absolute atomic E-state index is 0.781. The fourth-order valence-electron chi connectivity index (χ4n) is 2.96. The summed E-state index contributed by atoms with van der Waals surface area (Å²) in [6.45, 7) is 13.0. The Labute approximate surface area is 129 Å². The highest BCUT2D eigenvalue weighted by molar-refractivity contribution is 5.35. The van der Waals surface area contributed by atoms with E-state index in [0.717, 1.165) is 31.4 Å². The Bertz CT molecular complexity index is 427. The van der Waals surface area contributed by atoms with Crippen LogP contribution in [0.4, 0.5) is 0 Å². The molecule has 0 bridgehead atoms. The Balaban J connectivity index is 1.76. The van der Waals surface area contributed by atoms with Crippen LogP contribution in [0.2, 0.25) is 0 Å². The maximum atomic E-state index is 5.99. The molecule has 2 rings (SSSR count). The van der Waals surface area contributed by atoms with Crippen LogP contribution >= 0.6 is 0 Å². The number of likely N-dealkylation sites (N-methyl/N-ethyl adjacent to an activating group) is 1. The number of nitrogens with zero attached hydrogens (tertiary/aromatic N) is 1. The number of hydrogen-bond donors (Lipinski definition) is 1. The Morgan fingerprint density at radius 1 is 1.24 bits per heavy atom. The van der Waals surface area contributed by atoms with Crippen LogP contribution in [0.1, 0.15) is 30.9 Å². The van der Waals surface area contributed by atoms with Gasteiger partial charge in [-0.15, -0.1) is 0 Å². The van der Waals surface area contributed by atoms with Crippen molar-refractivity contribution in [2.75, 3.05) is 39.3 Å². The lowest BCUT2D eigenvalue weighted by Gasteiger charge is -2.29. The second-order valence-electron chi connectivity index (χ2n) is 6.20. The zero-order chi connectivity index (χ0) is 15.1. The Morgan fingerprint density at radius 3 is 2.71 bits per heavy atom. The zero-order valence-electron chi connectivity index (χ0n) is 13.8. The number of piperidine rings is 1. The monoisotopic (exact) mass is 290 g/mol. The van der Waals surface area contributed by atoms with E-state index in [1.807, 2.05) is 0 Å². The van der Waals surface area contributed by atoms with Crippen molar-refractivity contribution in [3.8, 4) is 5.75 Å². The number of aryl methyl sites for hydroxylation is 2. The molecule has 3 heteroatoms. The third-order valence-corrected chi connectivity index (χ3v) is 4.43. The van der Waals surface area contributed by atoms with Gasteiger partial charge in [-0.2, -0.15) is 0 Å². The standard InChI is InChI=1S/C18H30N2O/c1-4-20(14-17-7-9-19-10-8-17)11-12-21-18-13-15(2)5-6-16(18)3/h5-6,13,17,19H,4,7-12,14H2,1-3H3. The van der Waals surface area contributed by atoms with Crippen molar-refractivity contribution >= 4 is 0 Å². The van der Waals surface area contributed by atoms with Crippen LogP contribution in [0.3, 0.4) is 0 Å². The minimum Gasteiger partial charge on any atom is -0.492 e. The molecule has 1 fully saturated rings. The van der Waals surface area contributed by atoms with Gasteiger partial charge in [0.25, 0.3) is 0 Å². The lowest BCUT2D eigenvalue weighted by molar-refractivity contribution is 0.177. The Hall–Kier alpha value is -1.06. The average molecular weight is 290 g/mol. The molecule has 0 spiro atoms. The van der Waals surface area contributed by atoms with Gasteiger partial charge < -0.3 is 10.1 Å².